The van der Waals surface area contributed by atoms with Crippen LogP contribution < -0.4 is 11.1 Å². The predicted octanol–water partition coefficient (Wildman–Crippen LogP) is -1.17. The first-order chi connectivity index (χ1) is 6.84. The minimum Gasteiger partial charge on any atom is -0.349 e. The molecule has 5 nitrogen and oxygen atoms in total. The summed E-state index contributed by atoms with van der Waals surface area (Å²) < 4.78 is 35.6. The summed E-state index contributed by atoms with van der Waals surface area (Å²) in [6.45, 7) is -0.460. The third-order valence-electron chi connectivity index (χ3n) is 1.96. The van der Waals surface area contributed by atoms with Gasteiger partial charge < -0.3 is 16.0 Å². The smallest absolute Gasteiger partial charge is 0.349 e. The molecule has 0 spiro atoms. The fraction of sp³-hybridized carbons (Fsp3) is 0.714. The Bertz CT molecular complexity index is 273. The molecule has 8 heteroatoms. The quantitative estimate of drug-likeness (QED) is 0.622. The molecule has 2 amide bonds. The lowest BCUT2D eigenvalue weighted by Crippen LogP contribution is -2.63. The molecule has 1 fully saturated rings. The Labute approximate surface area is 83.4 Å². The molecule has 0 unspecified atom stereocenters. The van der Waals surface area contributed by atoms with Crippen molar-refractivity contribution in [1.29, 1.82) is 0 Å². The second-order valence-corrected chi connectivity index (χ2v) is 3.18. The van der Waals surface area contributed by atoms with Crippen molar-refractivity contribution in [2.45, 2.75) is 12.2 Å². The van der Waals surface area contributed by atoms with Gasteiger partial charge in [0.05, 0.1) is 12.6 Å². The molecule has 1 aliphatic rings. The molecule has 0 saturated carbocycles. The number of nitrogens with two attached hydrogens (primary N) is 1. The van der Waals surface area contributed by atoms with E-state index in [1.165, 1.54) is 0 Å². The van der Waals surface area contributed by atoms with Gasteiger partial charge in [-0.25, -0.2) is 0 Å². The molecule has 3 N–H and O–H groups in total. The van der Waals surface area contributed by atoms with Crippen LogP contribution in [0.15, 0.2) is 0 Å². The van der Waals surface area contributed by atoms with Gasteiger partial charge in [-0.1, -0.05) is 0 Å². The molecule has 0 bridgehead atoms. The monoisotopic (exact) mass is 225 g/mol. The first-order valence-electron chi connectivity index (χ1n) is 4.20. The summed E-state index contributed by atoms with van der Waals surface area (Å²) in [7, 11) is 0. The van der Waals surface area contributed by atoms with Crippen molar-refractivity contribution in [2.24, 2.45) is 5.73 Å². The lowest BCUT2D eigenvalue weighted by atomic mass is 10.1. The predicted molar refractivity (Wildman–Crippen MR) is 43.6 cm³/mol. The van der Waals surface area contributed by atoms with E-state index < -0.39 is 24.0 Å². The lowest BCUT2D eigenvalue weighted by molar-refractivity contribution is -0.190. The highest BCUT2D eigenvalue weighted by Gasteiger charge is 2.46. The van der Waals surface area contributed by atoms with Gasteiger partial charge in [0.25, 0.3) is 0 Å². The molecule has 0 aromatic rings. The topological polar surface area (TPSA) is 75.4 Å². The highest BCUT2D eigenvalue weighted by atomic mass is 19.4. The molecular weight excluding hydrogens is 215 g/mol. The number of amides is 2. The maximum absolute atomic E-state index is 11.9. The minimum absolute atomic E-state index is 0.121. The minimum atomic E-state index is -4.84. The van der Waals surface area contributed by atoms with E-state index >= 15 is 0 Å². The molecule has 1 saturated heterocycles. The van der Waals surface area contributed by atoms with Crippen LogP contribution in [0, 0.1) is 0 Å². The normalized spacial score (nSPS) is 17.2. The van der Waals surface area contributed by atoms with E-state index in [4.69, 9.17) is 5.73 Å². The number of halogens is 3. The highest BCUT2D eigenvalue weighted by molar-refractivity contribution is 5.83. The average Bonchev–Trinajstić information content (AvgIpc) is 2.07. The summed E-state index contributed by atoms with van der Waals surface area (Å²) in [6, 6.07) is -0.424. The van der Waals surface area contributed by atoms with Crippen LogP contribution in [0.25, 0.3) is 0 Å². The Morgan fingerprint density at radius 3 is 2.33 bits per heavy atom. The number of hydrogen-bond donors (Lipinski definition) is 2. The van der Waals surface area contributed by atoms with E-state index in [0.717, 1.165) is 0 Å². The van der Waals surface area contributed by atoms with Crippen LogP contribution in [-0.4, -0.2) is 48.6 Å². The zero-order chi connectivity index (χ0) is 11.6. The van der Waals surface area contributed by atoms with E-state index in [9.17, 15) is 22.8 Å². The van der Waals surface area contributed by atoms with Crippen molar-refractivity contribution in [2.75, 3.05) is 19.6 Å². The number of nitrogens with zero attached hydrogens (tertiary/aromatic N) is 1. The number of likely N-dealkylation sites (tertiary alicyclic amines) is 1. The number of alkyl halides is 3. The van der Waals surface area contributed by atoms with Gasteiger partial charge in [-0.05, 0) is 0 Å². The summed E-state index contributed by atoms with van der Waals surface area (Å²) in [6.07, 6.45) is -4.84. The summed E-state index contributed by atoms with van der Waals surface area (Å²) in [4.78, 5) is 22.0. The molecule has 15 heavy (non-hydrogen) atoms. The molecule has 1 heterocycles. The van der Waals surface area contributed by atoms with E-state index in [1.54, 1.807) is 0 Å². The van der Waals surface area contributed by atoms with E-state index in [-0.39, 0.29) is 19.6 Å². The summed E-state index contributed by atoms with van der Waals surface area (Å²) in [5.74, 6) is -2.32. The largest absolute Gasteiger partial charge is 0.471 e. The first kappa shape index (κ1) is 11.8. The Morgan fingerprint density at radius 1 is 1.40 bits per heavy atom. The van der Waals surface area contributed by atoms with Crippen molar-refractivity contribution in [1.82, 2.24) is 10.2 Å². The van der Waals surface area contributed by atoms with Crippen molar-refractivity contribution in [3.8, 4) is 0 Å². The fourth-order valence-electron chi connectivity index (χ4n) is 1.20. The van der Waals surface area contributed by atoms with Crippen LogP contribution in [0.5, 0.6) is 0 Å². The third-order valence-corrected chi connectivity index (χ3v) is 1.96. The molecular formula is C7H10F3N3O2. The molecule has 0 aromatic heterocycles. The van der Waals surface area contributed by atoms with Gasteiger partial charge in [0.15, 0.2) is 0 Å². The van der Waals surface area contributed by atoms with Crippen LogP contribution in [0.1, 0.15) is 0 Å². The van der Waals surface area contributed by atoms with E-state index in [0.29, 0.717) is 4.90 Å². The summed E-state index contributed by atoms with van der Waals surface area (Å²) >= 11 is 0. The molecule has 0 atom stereocenters. The summed E-state index contributed by atoms with van der Waals surface area (Å²) in [5, 5.41) is 2.38. The van der Waals surface area contributed by atoms with Crippen molar-refractivity contribution < 1.29 is 22.8 Å². The van der Waals surface area contributed by atoms with E-state index in [1.807, 2.05) is 0 Å². The number of rotatable bonds is 2. The third kappa shape index (κ3) is 2.82. The maximum atomic E-state index is 11.9. The molecule has 0 aromatic carbocycles. The summed E-state index contributed by atoms with van der Waals surface area (Å²) in [5.41, 5.74) is 4.99. The number of carbonyl (C=O) groups is 2. The zero-order valence-corrected chi connectivity index (χ0v) is 7.67. The van der Waals surface area contributed by atoms with Crippen LogP contribution in [-0.2, 0) is 9.59 Å². The molecule has 86 valence electrons. The Kier molecular flexibility index (Phi) is 3.18. The molecule has 1 aliphatic heterocycles. The first-order valence-corrected chi connectivity index (χ1v) is 4.20. The van der Waals surface area contributed by atoms with Crippen molar-refractivity contribution >= 4 is 11.8 Å². The Morgan fingerprint density at radius 2 is 1.93 bits per heavy atom. The second kappa shape index (κ2) is 4.05. The van der Waals surface area contributed by atoms with Gasteiger partial charge in [0.1, 0.15) is 0 Å². The standard InChI is InChI=1S/C7H10F3N3O2/c8-7(9,10)6(15)13-2-4(3-13)12-5(14)1-11/h4H,1-3,11H2,(H,12,14). The molecule has 0 radical (unpaired) electrons. The van der Waals surface area contributed by atoms with Crippen molar-refractivity contribution in [3.05, 3.63) is 0 Å². The number of nitrogens with one attached hydrogen (secondary N) is 1. The second-order valence-electron chi connectivity index (χ2n) is 3.18. The Balaban J connectivity index is 2.32. The van der Waals surface area contributed by atoms with Gasteiger partial charge >= 0.3 is 12.1 Å². The molecule has 0 aliphatic carbocycles. The van der Waals surface area contributed by atoms with Crippen molar-refractivity contribution in [3.63, 3.8) is 0 Å². The average molecular weight is 225 g/mol. The maximum Gasteiger partial charge on any atom is 0.471 e. The Hall–Kier alpha value is -1.31. The highest BCUT2D eigenvalue weighted by Crippen LogP contribution is 2.21. The SMILES string of the molecule is NCC(=O)NC1CN(C(=O)C(F)(F)F)C1. The lowest BCUT2D eigenvalue weighted by Gasteiger charge is -2.39. The van der Waals surface area contributed by atoms with Crippen LogP contribution >= 0.6 is 0 Å². The molecule has 1 rings (SSSR count). The number of carbonyl (C=O) groups excluding carboxylic acids is 2. The zero-order valence-electron chi connectivity index (χ0n) is 7.67. The van der Waals surface area contributed by atoms with Crippen LogP contribution in [0.3, 0.4) is 0 Å². The van der Waals surface area contributed by atoms with Crippen LogP contribution in [0.2, 0.25) is 0 Å². The van der Waals surface area contributed by atoms with E-state index in [2.05, 4.69) is 5.32 Å². The fourth-order valence-corrected chi connectivity index (χ4v) is 1.20. The number of hydrogen-bond acceptors (Lipinski definition) is 3. The van der Waals surface area contributed by atoms with Gasteiger partial charge in [0, 0.05) is 13.1 Å². The van der Waals surface area contributed by atoms with Crippen LogP contribution in [0.4, 0.5) is 13.2 Å². The van der Waals surface area contributed by atoms with Gasteiger partial charge in [-0.3, -0.25) is 9.59 Å². The van der Waals surface area contributed by atoms with Gasteiger partial charge in [-0.15, -0.1) is 0 Å². The van der Waals surface area contributed by atoms with Gasteiger partial charge in [-0.2, -0.15) is 13.2 Å². The van der Waals surface area contributed by atoms with Gasteiger partial charge in [0.2, 0.25) is 5.91 Å².